The van der Waals surface area contributed by atoms with Gasteiger partial charge in [0, 0.05) is 38.9 Å². The average Bonchev–Trinajstić information content (AvgIpc) is 3.11. The molecule has 2 fully saturated rings. The molecule has 0 bridgehead atoms. The number of amides is 1. The van der Waals surface area contributed by atoms with Gasteiger partial charge in [-0.05, 0) is 38.2 Å². The molecule has 0 spiro atoms. The molecule has 1 saturated carbocycles. The van der Waals surface area contributed by atoms with E-state index >= 15 is 0 Å². The van der Waals surface area contributed by atoms with Crippen LogP contribution in [-0.2, 0) is 17.7 Å². The van der Waals surface area contributed by atoms with E-state index in [0.717, 1.165) is 25.5 Å². The van der Waals surface area contributed by atoms with Crippen LogP contribution >= 0.6 is 0 Å². The van der Waals surface area contributed by atoms with Gasteiger partial charge in [0.2, 0.25) is 5.89 Å². The van der Waals surface area contributed by atoms with Crippen molar-refractivity contribution in [3.63, 3.8) is 0 Å². The Balaban J connectivity index is 1.28. The van der Waals surface area contributed by atoms with Gasteiger partial charge in [-0.3, -0.25) is 9.48 Å². The van der Waals surface area contributed by atoms with Gasteiger partial charge in [0.25, 0.3) is 5.91 Å². The SMILES string of the molecule is CCn1ccc(C(=O)N2CCC(c3nc(CCOCC4CC4)no3)C2)n1. The third-order valence-corrected chi connectivity index (χ3v) is 5.01. The zero-order chi connectivity index (χ0) is 17.9. The zero-order valence-corrected chi connectivity index (χ0v) is 15.1. The van der Waals surface area contributed by atoms with Crippen LogP contribution in [0.4, 0.5) is 0 Å². The molecule has 1 unspecified atom stereocenters. The van der Waals surface area contributed by atoms with Gasteiger partial charge in [0.05, 0.1) is 12.5 Å². The maximum Gasteiger partial charge on any atom is 0.274 e. The summed E-state index contributed by atoms with van der Waals surface area (Å²) in [6, 6.07) is 1.77. The lowest BCUT2D eigenvalue weighted by Gasteiger charge is -2.13. The lowest BCUT2D eigenvalue weighted by Crippen LogP contribution is -2.29. The summed E-state index contributed by atoms with van der Waals surface area (Å²) in [7, 11) is 0. The summed E-state index contributed by atoms with van der Waals surface area (Å²) in [5.41, 5.74) is 0.492. The molecular formula is C18H25N5O3. The van der Waals surface area contributed by atoms with Crippen molar-refractivity contribution in [1.82, 2.24) is 24.8 Å². The summed E-state index contributed by atoms with van der Waals surface area (Å²) in [4.78, 5) is 18.9. The van der Waals surface area contributed by atoms with Crippen LogP contribution in [-0.4, -0.2) is 57.0 Å². The van der Waals surface area contributed by atoms with Crippen molar-refractivity contribution in [3.8, 4) is 0 Å². The second-order valence-electron chi connectivity index (χ2n) is 7.11. The summed E-state index contributed by atoms with van der Waals surface area (Å²) in [5, 5.41) is 8.34. The molecule has 4 rings (SSSR count). The smallest absolute Gasteiger partial charge is 0.274 e. The Morgan fingerprint density at radius 3 is 3.04 bits per heavy atom. The number of carbonyl (C=O) groups excluding carboxylic acids is 1. The van der Waals surface area contributed by atoms with Gasteiger partial charge in [0.15, 0.2) is 5.82 Å². The molecule has 0 radical (unpaired) electrons. The summed E-state index contributed by atoms with van der Waals surface area (Å²) >= 11 is 0. The largest absolute Gasteiger partial charge is 0.381 e. The van der Waals surface area contributed by atoms with Crippen molar-refractivity contribution in [1.29, 1.82) is 0 Å². The molecule has 0 aromatic carbocycles. The third-order valence-electron chi connectivity index (χ3n) is 5.01. The molecule has 0 N–H and O–H groups in total. The van der Waals surface area contributed by atoms with Crippen molar-refractivity contribution in [3.05, 3.63) is 29.7 Å². The van der Waals surface area contributed by atoms with E-state index in [1.54, 1.807) is 10.7 Å². The molecule has 1 aliphatic heterocycles. The molecule has 2 aliphatic rings. The molecule has 8 heteroatoms. The molecule has 1 aliphatic carbocycles. The molecule has 1 amide bonds. The monoisotopic (exact) mass is 359 g/mol. The van der Waals surface area contributed by atoms with E-state index in [-0.39, 0.29) is 11.8 Å². The standard InChI is InChI=1S/C18H25N5O3/c1-2-23-9-6-15(20-23)18(24)22-8-5-14(11-22)17-19-16(21-26-17)7-10-25-12-13-3-4-13/h6,9,13-14H,2-5,7-8,10-12H2,1H3. The highest BCUT2D eigenvalue weighted by Crippen LogP contribution is 2.29. The molecule has 1 atom stereocenters. The highest BCUT2D eigenvalue weighted by atomic mass is 16.5. The molecule has 8 nitrogen and oxygen atoms in total. The first-order valence-corrected chi connectivity index (χ1v) is 9.46. The van der Waals surface area contributed by atoms with Crippen LogP contribution in [0.15, 0.2) is 16.8 Å². The average molecular weight is 359 g/mol. The number of aryl methyl sites for hydroxylation is 1. The van der Waals surface area contributed by atoms with E-state index in [0.29, 0.717) is 43.5 Å². The Kier molecular flexibility index (Phi) is 5.01. The van der Waals surface area contributed by atoms with Crippen molar-refractivity contribution < 1.29 is 14.1 Å². The predicted molar refractivity (Wildman–Crippen MR) is 92.7 cm³/mol. The van der Waals surface area contributed by atoms with Gasteiger partial charge in [0.1, 0.15) is 5.69 Å². The van der Waals surface area contributed by atoms with Gasteiger partial charge >= 0.3 is 0 Å². The molecule has 2 aromatic heterocycles. The number of rotatable bonds is 8. The van der Waals surface area contributed by atoms with Gasteiger partial charge in [-0.25, -0.2) is 0 Å². The second kappa shape index (κ2) is 7.57. The number of hydrogen-bond acceptors (Lipinski definition) is 6. The van der Waals surface area contributed by atoms with Crippen LogP contribution in [0.5, 0.6) is 0 Å². The van der Waals surface area contributed by atoms with E-state index in [1.165, 1.54) is 12.8 Å². The summed E-state index contributed by atoms with van der Waals surface area (Å²) in [6.45, 7) is 5.51. The first-order chi connectivity index (χ1) is 12.7. The van der Waals surface area contributed by atoms with E-state index in [1.807, 2.05) is 18.0 Å². The van der Waals surface area contributed by atoms with Crippen LogP contribution in [0, 0.1) is 5.92 Å². The number of nitrogens with zero attached hydrogens (tertiary/aromatic N) is 5. The van der Waals surface area contributed by atoms with E-state index in [9.17, 15) is 4.79 Å². The van der Waals surface area contributed by atoms with Crippen molar-refractivity contribution in [2.24, 2.45) is 5.92 Å². The maximum absolute atomic E-state index is 12.6. The van der Waals surface area contributed by atoms with Crippen LogP contribution < -0.4 is 0 Å². The quantitative estimate of drug-likeness (QED) is 0.669. The number of carbonyl (C=O) groups is 1. The topological polar surface area (TPSA) is 86.3 Å². The fraction of sp³-hybridized carbons (Fsp3) is 0.667. The first kappa shape index (κ1) is 17.2. The van der Waals surface area contributed by atoms with Crippen LogP contribution in [0.25, 0.3) is 0 Å². The Bertz CT molecular complexity index is 752. The highest BCUT2D eigenvalue weighted by molar-refractivity contribution is 5.92. The van der Waals surface area contributed by atoms with Crippen molar-refractivity contribution in [2.75, 3.05) is 26.3 Å². The van der Waals surface area contributed by atoms with Crippen LogP contribution in [0.1, 0.15) is 54.3 Å². The molecule has 3 heterocycles. The summed E-state index contributed by atoms with van der Waals surface area (Å²) in [6.07, 6.45) is 5.92. The number of hydrogen-bond donors (Lipinski definition) is 0. The fourth-order valence-corrected chi connectivity index (χ4v) is 3.19. The van der Waals surface area contributed by atoms with Gasteiger partial charge in [-0.15, -0.1) is 0 Å². The van der Waals surface area contributed by atoms with Gasteiger partial charge in [-0.1, -0.05) is 5.16 Å². The Hall–Kier alpha value is -2.22. The minimum atomic E-state index is -0.0343. The molecular weight excluding hydrogens is 334 g/mol. The van der Waals surface area contributed by atoms with E-state index in [4.69, 9.17) is 9.26 Å². The molecule has 26 heavy (non-hydrogen) atoms. The van der Waals surface area contributed by atoms with Gasteiger partial charge in [-0.2, -0.15) is 10.1 Å². The Labute approximate surface area is 152 Å². The predicted octanol–water partition coefficient (Wildman–Crippen LogP) is 1.88. The van der Waals surface area contributed by atoms with Gasteiger partial charge < -0.3 is 14.2 Å². The Morgan fingerprint density at radius 2 is 2.27 bits per heavy atom. The minimum absolute atomic E-state index is 0.0343. The Morgan fingerprint density at radius 1 is 1.38 bits per heavy atom. The maximum atomic E-state index is 12.6. The van der Waals surface area contributed by atoms with E-state index in [2.05, 4.69) is 15.2 Å². The van der Waals surface area contributed by atoms with Crippen LogP contribution in [0.2, 0.25) is 0 Å². The third kappa shape index (κ3) is 3.95. The molecule has 140 valence electrons. The second-order valence-corrected chi connectivity index (χ2v) is 7.11. The number of likely N-dealkylation sites (tertiary alicyclic amines) is 1. The van der Waals surface area contributed by atoms with Crippen molar-refractivity contribution >= 4 is 5.91 Å². The first-order valence-electron chi connectivity index (χ1n) is 9.46. The highest BCUT2D eigenvalue weighted by Gasteiger charge is 2.32. The van der Waals surface area contributed by atoms with Crippen LogP contribution in [0.3, 0.4) is 0 Å². The minimum Gasteiger partial charge on any atom is -0.381 e. The molecule has 2 aromatic rings. The number of ether oxygens (including phenoxy) is 1. The van der Waals surface area contributed by atoms with Crippen molar-refractivity contribution in [2.45, 2.75) is 45.1 Å². The normalized spacial score (nSPS) is 20.0. The zero-order valence-electron chi connectivity index (χ0n) is 15.1. The molecule has 1 saturated heterocycles. The number of aromatic nitrogens is 4. The summed E-state index contributed by atoms with van der Waals surface area (Å²) < 4.78 is 12.8. The van der Waals surface area contributed by atoms with E-state index < -0.39 is 0 Å². The summed E-state index contributed by atoms with van der Waals surface area (Å²) in [5.74, 6) is 2.13. The lowest BCUT2D eigenvalue weighted by molar-refractivity contribution is 0.0783. The lowest BCUT2D eigenvalue weighted by atomic mass is 10.1. The fourth-order valence-electron chi connectivity index (χ4n) is 3.19.